The number of aryl methyl sites for hydroxylation is 1. The number of pyridine rings is 1. The molecule has 22 heavy (non-hydrogen) atoms. The van der Waals surface area contributed by atoms with Gasteiger partial charge in [0.2, 0.25) is 5.91 Å². The van der Waals surface area contributed by atoms with Crippen LogP contribution in [0.2, 0.25) is 0 Å². The number of nitriles is 1. The molecule has 0 aliphatic rings. The standard InChI is InChI=1S/C16H15N3OS2/c1-12-6-7-16(18-10-12)22-11-15(20)19-13-4-2-3-5-14(13)21-9-8-17/h2-7,10H,9,11H2,1H3,(H,19,20). The normalized spacial score (nSPS) is 10.0. The average Bonchev–Trinajstić information content (AvgIpc) is 2.53. The fourth-order valence-electron chi connectivity index (χ4n) is 1.67. The second kappa shape index (κ2) is 8.47. The highest BCUT2D eigenvalue weighted by molar-refractivity contribution is 8.00. The van der Waals surface area contributed by atoms with Crippen molar-refractivity contribution in [3.05, 3.63) is 48.2 Å². The van der Waals surface area contributed by atoms with E-state index in [9.17, 15) is 4.79 Å². The molecule has 0 atom stereocenters. The Morgan fingerprint density at radius 1 is 1.27 bits per heavy atom. The summed E-state index contributed by atoms with van der Waals surface area (Å²) in [5, 5.41) is 12.4. The summed E-state index contributed by atoms with van der Waals surface area (Å²) in [4.78, 5) is 17.2. The van der Waals surface area contributed by atoms with Gasteiger partial charge < -0.3 is 5.32 Å². The third-order valence-electron chi connectivity index (χ3n) is 2.69. The molecule has 0 saturated carbocycles. The van der Waals surface area contributed by atoms with Crippen LogP contribution in [0, 0.1) is 18.3 Å². The third-order valence-corrected chi connectivity index (χ3v) is 4.57. The van der Waals surface area contributed by atoms with Gasteiger partial charge in [-0.05, 0) is 30.7 Å². The first-order valence-electron chi connectivity index (χ1n) is 6.63. The Bertz CT molecular complexity index is 681. The molecular formula is C16H15N3OS2. The molecule has 1 aromatic carbocycles. The summed E-state index contributed by atoms with van der Waals surface area (Å²) in [5.41, 5.74) is 1.84. The number of carbonyl (C=O) groups excluding carboxylic acids is 1. The lowest BCUT2D eigenvalue weighted by molar-refractivity contribution is -0.113. The van der Waals surface area contributed by atoms with Gasteiger partial charge in [-0.15, -0.1) is 11.8 Å². The lowest BCUT2D eigenvalue weighted by atomic mass is 10.3. The number of carbonyl (C=O) groups is 1. The largest absolute Gasteiger partial charge is 0.324 e. The molecule has 112 valence electrons. The van der Waals surface area contributed by atoms with E-state index in [2.05, 4.69) is 16.4 Å². The Hall–Kier alpha value is -1.97. The van der Waals surface area contributed by atoms with E-state index in [0.717, 1.165) is 21.2 Å². The maximum atomic E-state index is 12.0. The van der Waals surface area contributed by atoms with Crippen molar-refractivity contribution in [3.63, 3.8) is 0 Å². The van der Waals surface area contributed by atoms with Crippen molar-refractivity contribution in [1.82, 2.24) is 4.98 Å². The van der Waals surface area contributed by atoms with E-state index in [1.54, 1.807) is 6.20 Å². The van der Waals surface area contributed by atoms with Gasteiger partial charge in [0.05, 0.1) is 28.3 Å². The molecule has 6 heteroatoms. The number of amides is 1. The fraction of sp³-hybridized carbons (Fsp3) is 0.188. The smallest absolute Gasteiger partial charge is 0.234 e. The van der Waals surface area contributed by atoms with Crippen LogP contribution in [0.5, 0.6) is 0 Å². The van der Waals surface area contributed by atoms with Crippen molar-refractivity contribution >= 4 is 35.1 Å². The maximum Gasteiger partial charge on any atom is 0.234 e. The molecule has 2 rings (SSSR count). The number of aromatic nitrogens is 1. The highest BCUT2D eigenvalue weighted by Gasteiger charge is 2.08. The van der Waals surface area contributed by atoms with Crippen molar-refractivity contribution in [2.75, 3.05) is 16.8 Å². The highest BCUT2D eigenvalue weighted by atomic mass is 32.2. The topological polar surface area (TPSA) is 65.8 Å². The second-order valence-electron chi connectivity index (χ2n) is 4.45. The number of nitrogens with one attached hydrogen (secondary N) is 1. The van der Waals surface area contributed by atoms with Crippen LogP contribution in [-0.4, -0.2) is 22.4 Å². The number of anilines is 1. The molecular weight excluding hydrogens is 314 g/mol. The minimum absolute atomic E-state index is 0.0858. The summed E-state index contributed by atoms with van der Waals surface area (Å²) in [7, 11) is 0. The molecule has 2 aromatic rings. The van der Waals surface area contributed by atoms with Gasteiger partial charge in [-0.2, -0.15) is 5.26 Å². The minimum Gasteiger partial charge on any atom is -0.324 e. The molecule has 1 amide bonds. The zero-order valence-corrected chi connectivity index (χ0v) is 13.7. The molecule has 1 N–H and O–H groups in total. The molecule has 0 aliphatic carbocycles. The summed E-state index contributed by atoms with van der Waals surface area (Å²) in [6.07, 6.45) is 1.79. The van der Waals surface area contributed by atoms with Crippen LogP contribution in [0.1, 0.15) is 5.56 Å². The predicted molar refractivity (Wildman–Crippen MR) is 91.1 cm³/mol. The molecule has 1 aromatic heterocycles. The number of nitrogens with zero attached hydrogens (tertiary/aromatic N) is 2. The quantitative estimate of drug-likeness (QED) is 0.818. The van der Waals surface area contributed by atoms with E-state index in [0.29, 0.717) is 11.5 Å². The van der Waals surface area contributed by atoms with Crippen LogP contribution in [-0.2, 0) is 4.79 Å². The van der Waals surface area contributed by atoms with Gasteiger partial charge in [-0.25, -0.2) is 4.98 Å². The summed E-state index contributed by atoms with van der Waals surface area (Å²) in [6.45, 7) is 1.98. The monoisotopic (exact) mass is 329 g/mol. The van der Waals surface area contributed by atoms with Crippen molar-refractivity contribution in [1.29, 1.82) is 5.26 Å². The van der Waals surface area contributed by atoms with Gasteiger partial charge in [-0.3, -0.25) is 4.79 Å². The summed E-state index contributed by atoms with van der Waals surface area (Å²) in [6, 6.07) is 13.5. The van der Waals surface area contributed by atoms with E-state index in [1.165, 1.54) is 23.5 Å². The summed E-state index contributed by atoms with van der Waals surface area (Å²) in [5.74, 6) is 0.569. The van der Waals surface area contributed by atoms with Gasteiger partial charge in [0.1, 0.15) is 0 Å². The number of para-hydroxylation sites is 1. The lowest BCUT2D eigenvalue weighted by Crippen LogP contribution is -2.14. The maximum absolute atomic E-state index is 12.0. The van der Waals surface area contributed by atoms with E-state index in [-0.39, 0.29) is 5.91 Å². The molecule has 0 fully saturated rings. The van der Waals surface area contributed by atoms with Crippen LogP contribution in [0.4, 0.5) is 5.69 Å². The summed E-state index contributed by atoms with van der Waals surface area (Å²) < 4.78 is 0. The number of hydrogen-bond donors (Lipinski definition) is 1. The van der Waals surface area contributed by atoms with Gasteiger partial charge in [0.15, 0.2) is 0 Å². The molecule has 0 aliphatic heterocycles. The molecule has 0 bridgehead atoms. The van der Waals surface area contributed by atoms with Crippen LogP contribution in [0.25, 0.3) is 0 Å². The number of hydrogen-bond acceptors (Lipinski definition) is 5. The van der Waals surface area contributed by atoms with Crippen molar-refractivity contribution in [3.8, 4) is 6.07 Å². The molecule has 1 heterocycles. The zero-order chi connectivity index (χ0) is 15.8. The molecule has 0 spiro atoms. The van der Waals surface area contributed by atoms with Crippen molar-refractivity contribution < 1.29 is 4.79 Å². The first kappa shape index (κ1) is 16.4. The summed E-state index contributed by atoms with van der Waals surface area (Å²) >= 11 is 2.81. The molecule has 0 unspecified atom stereocenters. The van der Waals surface area contributed by atoms with E-state index < -0.39 is 0 Å². The van der Waals surface area contributed by atoms with Crippen molar-refractivity contribution in [2.24, 2.45) is 0 Å². The number of thioether (sulfide) groups is 2. The molecule has 0 saturated heterocycles. The van der Waals surface area contributed by atoms with Crippen LogP contribution in [0.15, 0.2) is 52.5 Å². The Morgan fingerprint density at radius 3 is 2.82 bits per heavy atom. The fourth-order valence-corrected chi connectivity index (χ4v) is 2.98. The van der Waals surface area contributed by atoms with E-state index in [1.807, 2.05) is 43.3 Å². The zero-order valence-electron chi connectivity index (χ0n) is 12.1. The average molecular weight is 329 g/mol. The molecule has 4 nitrogen and oxygen atoms in total. The number of benzene rings is 1. The number of rotatable bonds is 6. The van der Waals surface area contributed by atoms with E-state index >= 15 is 0 Å². The van der Waals surface area contributed by atoms with Gasteiger partial charge in [0, 0.05) is 11.1 Å². The highest BCUT2D eigenvalue weighted by Crippen LogP contribution is 2.27. The Kier molecular flexibility index (Phi) is 6.31. The first-order valence-corrected chi connectivity index (χ1v) is 8.60. The van der Waals surface area contributed by atoms with Crippen LogP contribution in [0.3, 0.4) is 0 Å². The molecule has 0 radical (unpaired) electrons. The Morgan fingerprint density at radius 2 is 2.09 bits per heavy atom. The predicted octanol–water partition coefficient (Wildman–Crippen LogP) is 3.74. The van der Waals surface area contributed by atoms with Gasteiger partial charge >= 0.3 is 0 Å². The second-order valence-corrected chi connectivity index (χ2v) is 6.47. The SMILES string of the molecule is Cc1ccc(SCC(=O)Nc2ccccc2SCC#N)nc1. The Labute approximate surface area is 138 Å². The third kappa shape index (κ3) is 5.10. The minimum atomic E-state index is -0.0858. The van der Waals surface area contributed by atoms with Crippen LogP contribution < -0.4 is 5.32 Å². The Balaban J connectivity index is 1.92. The van der Waals surface area contributed by atoms with Gasteiger partial charge in [0.25, 0.3) is 0 Å². The van der Waals surface area contributed by atoms with E-state index in [4.69, 9.17) is 5.26 Å². The van der Waals surface area contributed by atoms with Crippen LogP contribution >= 0.6 is 23.5 Å². The first-order chi connectivity index (χ1) is 10.7. The van der Waals surface area contributed by atoms with Crippen molar-refractivity contribution in [2.45, 2.75) is 16.8 Å². The lowest BCUT2D eigenvalue weighted by Gasteiger charge is -2.09. The van der Waals surface area contributed by atoms with Gasteiger partial charge in [-0.1, -0.05) is 30.0 Å².